The molecule has 0 saturated heterocycles. The standard InChI is InChI=1S/C9H20O2/c1-8(9(2,3)4)11-7-5-6-10/h8,10H,5-7H2,1-4H3. The molecule has 68 valence electrons. The summed E-state index contributed by atoms with van der Waals surface area (Å²) in [7, 11) is 0. The maximum absolute atomic E-state index is 8.50. The van der Waals surface area contributed by atoms with E-state index >= 15 is 0 Å². The first-order valence-electron chi connectivity index (χ1n) is 4.21. The van der Waals surface area contributed by atoms with E-state index in [9.17, 15) is 0 Å². The van der Waals surface area contributed by atoms with E-state index in [-0.39, 0.29) is 18.1 Å². The highest BCUT2D eigenvalue weighted by Gasteiger charge is 2.19. The third-order valence-electron chi connectivity index (χ3n) is 1.89. The Bertz CT molecular complexity index is 94.2. The van der Waals surface area contributed by atoms with Gasteiger partial charge in [0.1, 0.15) is 0 Å². The molecule has 0 spiro atoms. The van der Waals surface area contributed by atoms with Crippen LogP contribution in [0.5, 0.6) is 0 Å². The van der Waals surface area contributed by atoms with E-state index in [0.29, 0.717) is 6.61 Å². The molecule has 0 amide bonds. The molecule has 0 heterocycles. The van der Waals surface area contributed by atoms with Crippen molar-refractivity contribution in [3.63, 3.8) is 0 Å². The van der Waals surface area contributed by atoms with Gasteiger partial charge in [0, 0.05) is 13.2 Å². The lowest BCUT2D eigenvalue weighted by atomic mass is 9.90. The van der Waals surface area contributed by atoms with Gasteiger partial charge in [0.2, 0.25) is 0 Å². The largest absolute Gasteiger partial charge is 0.396 e. The Balaban J connectivity index is 3.44. The normalized spacial score (nSPS) is 15.0. The van der Waals surface area contributed by atoms with Crippen molar-refractivity contribution in [1.29, 1.82) is 0 Å². The minimum absolute atomic E-state index is 0.204. The first-order chi connectivity index (χ1) is 4.98. The first kappa shape index (κ1) is 10.9. The van der Waals surface area contributed by atoms with Crippen molar-refractivity contribution in [2.75, 3.05) is 13.2 Å². The van der Waals surface area contributed by atoms with Crippen LogP contribution in [-0.2, 0) is 4.74 Å². The van der Waals surface area contributed by atoms with Crippen LogP contribution in [0.4, 0.5) is 0 Å². The zero-order chi connectivity index (χ0) is 8.91. The Kier molecular flexibility index (Phi) is 4.69. The maximum atomic E-state index is 8.50. The summed E-state index contributed by atoms with van der Waals surface area (Å²) < 4.78 is 5.49. The van der Waals surface area contributed by atoms with Crippen LogP contribution >= 0.6 is 0 Å². The van der Waals surface area contributed by atoms with Crippen molar-refractivity contribution in [1.82, 2.24) is 0 Å². The molecule has 0 saturated carbocycles. The molecule has 2 heteroatoms. The van der Waals surface area contributed by atoms with Gasteiger partial charge in [0.25, 0.3) is 0 Å². The molecule has 1 unspecified atom stereocenters. The molecule has 0 aliphatic rings. The quantitative estimate of drug-likeness (QED) is 0.636. The van der Waals surface area contributed by atoms with Gasteiger partial charge in [0.05, 0.1) is 6.10 Å². The number of ether oxygens (including phenoxy) is 1. The summed E-state index contributed by atoms with van der Waals surface area (Å²) in [4.78, 5) is 0. The van der Waals surface area contributed by atoms with Gasteiger partial charge in [-0.2, -0.15) is 0 Å². The van der Waals surface area contributed by atoms with Crippen molar-refractivity contribution < 1.29 is 9.84 Å². The molecule has 1 N–H and O–H groups in total. The maximum Gasteiger partial charge on any atom is 0.0595 e. The Labute approximate surface area is 69.6 Å². The molecule has 0 aromatic heterocycles. The molecule has 1 atom stereocenters. The molecule has 0 fully saturated rings. The van der Waals surface area contributed by atoms with Crippen LogP contribution in [-0.4, -0.2) is 24.4 Å². The van der Waals surface area contributed by atoms with Gasteiger partial charge >= 0.3 is 0 Å². The van der Waals surface area contributed by atoms with E-state index in [0.717, 1.165) is 6.42 Å². The second kappa shape index (κ2) is 4.73. The van der Waals surface area contributed by atoms with Gasteiger partial charge in [-0.05, 0) is 18.8 Å². The van der Waals surface area contributed by atoms with Crippen LogP contribution in [0.3, 0.4) is 0 Å². The molecule has 0 radical (unpaired) electrons. The predicted octanol–water partition coefficient (Wildman–Crippen LogP) is 1.82. The van der Waals surface area contributed by atoms with Crippen LogP contribution in [0.1, 0.15) is 34.1 Å². The third-order valence-corrected chi connectivity index (χ3v) is 1.89. The van der Waals surface area contributed by atoms with Gasteiger partial charge in [0.15, 0.2) is 0 Å². The van der Waals surface area contributed by atoms with Crippen LogP contribution < -0.4 is 0 Å². The van der Waals surface area contributed by atoms with Crippen molar-refractivity contribution in [2.24, 2.45) is 5.41 Å². The Morgan fingerprint density at radius 1 is 1.36 bits per heavy atom. The van der Waals surface area contributed by atoms with Gasteiger partial charge in [-0.25, -0.2) is 0 Å². The average molecular weight is 160 g/mol. The van der Waals surface area contributed by atoms with Crippen molar-refractivity contribution >= 4 is 0 Å². The van der Waals surface area contributed by atoms with E-state index in [1.165, 1.54) is 0 Å². The van der Waals surface area contributed by atoms with E-state index in [4.69, 9.17) is 9.84 Å². The molecule has 0 aromatic carbocycles. The van der Waals surface area contributed by atoms with Crippen molar-refractivity contribution in [3.05, 3.63) is 0 Å². The van der Waals surface area contributed by atoms with E-state index in [1.54, 1.807) is 0 Å². The highest BCUT2D eigenvalue weighted by Crippen LogP contribution is 2.21. The fraction of sp³-hybridized carbons (Fsp3) is 1.00. The summed E-state index contributed by atoms with van der Waals surface area (Å²) in [5.41, 5.74) is 0.204. The van der Waals surface area contributed by atoms with Gasteiger partial charge in [-0.1, -0.05) is 20.8 Å². The lowest BCUT2D eigenvalue weighted by Gasteiger charge is -2.27. The lowest BCUT2D eigenvalue weighted by molar-refractivity contribution is -0.00989. The number of aliphatic hydroxyl groups excluding tert-OH is 1. The first-order valence-corrected chi connectivity index (χ1v) is 4.21. The summed E-state index contributed by atoms with van der Waals surface area (Å²) in [5, 5.41) is 8.50. The third kappa shape index (κ3) is 5.22. The van der Waals surface area contributed by atoms with Crippen LogP contribution in [0.2, 0.25) is 0 Å². The van der Waals surface area contributed by atoms with Crippen molar-refractivity contribution in [2.45, 2.75) is 40.2 Å². The van der Waals surface area contributed by atoms with E-state index in [1.807, 2.05) is 0 Å². The fourth-order valence-electron chi connectivity index (χ4n) is 0.575. The second-order valence-electron chi connectivity index (χ2n) is 3.96. The fourth-order valence-corrected chi connectivity index (χ4v) is 0.575. The molecule has 11 heavy (non-hydrogen) atoms. The monoisotopic (exact) mass is 160 g/mol. The lowest BCUT2D eigenvalue weighted by Crippen LogP contribution is -2.26. The summed E-state index contributed by atoms with van der Waals surface area (Å²) in [5.74, 6) is 0. The zero-order valence-corrected chi connectivity index (χ0v) is 8.05. The molecular formula is C9H20O2. The Hall–Kier alpha value is -0.0800. The van der Waals surface area contributed by atoms with Crippen molar-refractivity contribution in [3.8, 4) is 0 Å². The molecule has 0 aliphatic carbocycles. The van der Waals surface area contributed by atoms with Gasteiger partial charge in [-0.15, -0.1) is 0 Å². The van der Waals surface area contributed by atoms with Gasteiger partial charge in [-0.3, -0.25) is 0 Å². The van der Waals surface area contributed by atoms with Gasteiger partial charge < -0.3 is 9.84 Å². The predicted molar refractivity (Wildman–Crippen MR) is 46.6 cm³/mol. The molecule has 0 aliphatic heterocycles. The topological polar surface area (TPSA) is 29.5 Å². The smallest absolute Gasteiger partial charge is 0.0595 e. The SMILES string of the molecule is CC(OCCCO)C(C)(C)C. The highest BCUT2D eigenvalue weighted by molar-refractivity contribution is 4.69. The summed E-state index contributed by atoms with van der Waals surface area (Å²) in [6, 6.07) is 0. The number of hydrogen-bond acceptors (Lipinski definition) is 2. The molecule has 2 nitrogen and oxygen atoms in total. The summed E-state index contributed by atoms with van der Waals surface area (Å²) in [6.07, 6.45) is 0.995. The minimum Gasteiger partial charge on any atom is -0.396 e. The Morgan fingerprint density at radius 2 is 1.91 bits per heavy atom. The highest BCUT2D eigenvalue weighted by atomic mass is 16.5. The van der Waals surface area contributed by atoms with Crippen LogP contribution in [0.25, 0.3) is 0 Å². The summed E-state index contributed by atoms with van der Waals surface area (Å²) in [6.45, 7) is 9.40. The van der Waals surface area contributed by atoms with Crippen LogP contribution in [0, 0.1) is 5.41 Å². The Morgan fingerprint density at radius 3 is 2.27 bits per heavy atom. The molecular weight excluding hydrogens is 140 g/mol. The molecule has 0 bridgehead atoms. The zero-order valence-electron chi connectivity index (χ0n) is 8.05. The second-order valence-corrected chi connectivity index (χ2v) is 3.96. The molecule has 0 aromatic rings. The van der Waals surface area contributed by atoms with Crippen LogP contribution in [0.15, 0.2) is 0 Å². The number of rotatable bonds is 4. The minimum atomic E-state index is 0.204. The van der Waals surface area contributed by atoms with E-state index in [2.05, 4.69) is 27.7 Å². The summed E-state index contributed by atoms with van der Waals surface area (Å²) >= 11 is 0. The average Bonchev–Trinajstić information content (AvgIpc) is 1.86. The van der Waals surface area contributed by atoms with E-state index < -0.39 is 0 Å². The number of hydrogen-bond donors (Lipinski definition) is 1. The number of aliphatic hydroxyl groups is 1. The molecule has 0 rings (SSSR count).